The summed E-state index contributed by atoms with van der Waals surface area (Å²) in [6, 6.07) is 29.5. The summed E-state index contributed by atoms with van der Waals surface area (Å²) in [5, 5.41) is 14.0. The molecule has 6 aromatic rings. The van der Waals surface area contributed by atoms with Crippen molar-refractivity contribution in [2.45, 2.75) is 52.5 Å². The van der Waals surface area contributed by atoms with E-state index in [2.05, 4.69) is 35.0 Å². The third-order valence-electron chi connectivity index (χ3n) is 8.46. The van der Waals surface area contributed by atoms with Crippen LogP contribution in [0.25, 0.3) is 27.6 Å². The Morgan fingerprint density at radius 2 is 1.67 bits per heavy atom. The van der Waals surface area contributed by atoms with Crippen molar-refractivity contribution >= 4 is 33.8 Å². The maximum atomic E-state index is 13.3. The van der Waals surface area contributed by atoms with Gasteiger partial charge in [0.25, 0.3) is 5.91 Å². The Morgan fingerprint density at radius 1 is 0.867 bits per heavy atom. The molecular formula is C38H38N4O3. The van der Waals surface area contributed by atoms with Gasteiger partial charge in [-0.2, -0.15) is 0 Å². The van der Waals surface area contributed by atoms with Crippen LogP contribution in [-0.4, -0.2) is 37.6 Å². The van der Waals surface area contributed by atoms with Gasteiger partial charge in [0.15, 0.2) is 0 Å². The molecule has 0 aliphatic carbocycles. The first-order chi connectivity index (χ1) is 21.9. The summed E-state index contributed by atoms with van der Waals surface area (Å²) in [4.78, 5) is 30.3. The van der Waals surface area contributed by atoms with Crippen LogP contribution in [0.5, 0.6) is 0 Å². The number of aromatic nitrogens is 3. The molecule has 0 saturated heterocycles. The van der Waals surface area contributed by atoms with Gasteiger partial charge < -0.3 is 19.6 Å². The van der Waals surface area contributed by atoms with E-state index in [0.717, 1.165) is 71.0 Å². The maximum Gasteiger partial charge on any atom is 0.337 e. The smallest absolute Gasteiger partial charge is 0.337 e. The number of rotatable bonds is 12. The molecule has 0 atom stereocenters. The fraction of sp³-hybridized carbons (Fsp3) is 0.237. The van der Waals surface area contributed by atoms with E-state index >= 15 is 0 Å². The zero-order valence-corrected chi connectivity index (χ0v) is 25.8. The molecule has 6 rings (SSSR count). The summed E-state index contributed by atoms with van der Waals surface area (Å²) in [5.41, 5.74) is 7.67. The van der Waals surface area contributed by atoms with Gasteiger partial charge in [-0.1, -0.05) is 67.9 Å². The van der Waals surface area contributed by atoms with Gasteiger partial charge in [0, 0.05) is 30.1 Å². The van der Waals surface area contributed by atoms with Gasteiger partial charge >= 0.3 is 5.97 Å². The first-order valence-electron chi connectivity index (χ1n) is 15.7. The number of unbranched alkanes of at least 4 members (excludes halogenated alkanes) is 1. The molecule has 0 fully saturated rings. The van der Waals surface area contributed by atoms with Gasteiger partial charge in [-0.15, -0.1) is 0 Å². The highest BCUT2D eigenvalue weighted by atomic mass is 16.4. The molecule has 0 saturated carbocycles. The monoisotopic (exact) mass is 598 g/mol. The summed E-state index contributed by atoms with van der Waals surface area (Å²) in [5.74, 6) is -0.0318. The van der Waals surface area contributed by atoms with E-state index in [1.807, 2.05) is 78.4 Å². The summed E-state index contributed by atoms with van der Waals surface area (Å²) >= 11 is 0. The molecule has 0 aliphatic rings. The van der Waals surface area contributed by atoms with Gasteiger partial charge in [-0.25, -0.2) is 9.78 Å². The summed E-state index contributed by atoms with van der Waals surface area (Å²) < 4.78 is 4.19. The van der Waals surface area contributed by atoms with Crippen LogP contribution in [0.2, 0.25) is 0 Å². The first kappa shape index (κ1) is 29.9. The fourth-order valence-electron chi connectivity index (χ4n) is 6.13. The Balaban J connectivity index is 1.33. The standard InChI is InChI=1S/C38H38N4O3/c1-3-4-19-35-40-36-26(2)23-29(37(43)39-21-11-14-27-12-6-5-7-13-27)24-34(36)42(35)25-28-15-10-18-32-30(28)20-22-41(32)33-17-9-8-16-31(33)38(44)45/h5-10,12-13,15-18,20,22-24H,3-4,11,14,19,21,25H2,1-2H3,(H,39,43)(H,44,45). The highest BCUT2D eigenvalue weighted by Gasteiger charge is 2.19. The maximum absolute atomic E-state index is 13.3. The number of carbonyl (C=O) groups is 2. The Labute approximate surface area is 263 Å². The Hall–Kier alpha value is -5.17. The van der Waals surface area contributed by atoms with Crippen LogP contribution in [0.4, 0.5) is 0 Å². The molecule has 2 aromatic heterocycles. The molecule has 0 radical (unpaired) electrons. The van der Waals surface area contributed by atoms with E-state index in [9.17, 15) is 14.7 Å². The minimum Gasteiger partial charge on any atom is -0.478 e. The van der Waals surface area contributed by atoms with Crippen molar-refractivity contribution in [1.82, 2.24) is 19.4 Å². The number of benzene rings is 4. The van der Waals surface area contributed by atoms with E-state index < -0.39 is 5.97 Å². The van der Waals surface area contributed by atoms with Crippen molar-refractivity contribution in [3.63, 3.8) is 0 Å². The van der Waals surface area contributed by atoms with Crippen LogP contribution in [-0.2, 0) is 19.4 Å². The minimum absolute atomic E-state index is 0.0767. The van der Waals surface area contributed by atoms with Gasteiger partial charge in [0.05, 0.1) is 34.3 Å². The van der Waals surface area contributed by atoms with Crippen molar-refractivity contribution in [3.05, 3.63) is 131 Å². The lowest BCUT2D eigenvalue weighted by Gasteiger charge is -2.13. The average Bonchev–Trinajstić information content (AvgIpc) is 3.65. The molecule has 228 valence electrons. The number of aromatic carboxylic acids is 1. The minimum atomic E-state index is -0.958. The Bertz CT molecular complexity index is 1990. The lowest BCUT2D eigenvalue weighted by Crippen LogP contribution is -2.25. The molecule has 0 bridgehead atoms. The number of nitrogens with one attached hydrogen (secondary N) is 1. The third kappa shape index (κ3) is 6.25. The number of imidazole rings is 1. The number of carbonyl (C=O) groups excluding carboxylic acids is 1. The molecule has 45 heavy (non-hydrogen) atoms. The number of nitrogens with zero attached hydrogens (tertiary/aromatic N) is 3. The number of para-hydroxylation sites is 1. The van der Waals surface area contributed by atoms with Gasteiger partial charge in [0.1, 0.15) is 5.82 Å². The van der Waals surface area contributed by atoms with E-state index in [-0.39, 0.29) is 11.5 Å². The number of aryl methyl sites for hydroxylation is 3. The van der Waals surface area contributed by atoms with Crippen molar-refractivity contribution in [3.8, 4) is 5.69 Å². The van der Waals surface area contributed by atoms with Crippen LogP contribution in [0.3, 0.4) is 0 Å². The molecule has 2 N–H and O–H groups in total. The summed E-state index contributed by atoms with van der Waals surface area (Å²) in [6.45, 7) is 5.39. The molecule has 0 spiro atoms. The first-order valence-corrected chi connectivity index (χ1v) is 15.7. The summed E-state index contributed by atoms with van der Waals surface area (Å²) in [6.07, 6.45) is 6.64. The SMILES string of the molecule is CCCCc1nc2c(C)cc(C(=O)NCCCc3ccccc3)cc2n1Cc1cccc2c1ccn2-c1ccccc1C(=O)O. The second kappa shape index (κ2) is 13.2. The van der Waals surface area contributed by atoms with Crippen LogP contribution in [0.15, 0.2) is 97.2 Å². The van der Waals surface area contributed by atoms with Crippen molar-refractivity contribution in [2.24, 2.45) is 0 Å². The van der Waals surface area contributed by atoms with Crippen LogP contribution in [0.1, 0.15) is 69.4 Å². The molecule has 4 aromatic carbocycles. The van der Waals surface area contributed by atoms with E-state index in [1.165, 1.54) is 5.56 Å². The number of amides is 1. The van der Waals surface area contributed by atoms with E-state index in [4.69, 9.17) is 4.98 Å². The Kier molecular flexibility index (Phi) is 8.78. The number of carboxylic acids is 1. The molecule has 7 nitrogen and oxygen atoms in total. The van der Waals surface area contributed by atoms with Crippen molar-refractivity contribution in [1.29, 1.82) is 0 Å². The zero-order chi connectivity index (χ0) is 31.3. The normalized spacial score (nSPS) is 11.3. The van der Waals surface area contributed by atoms with Crippen LogP contribution >= 0.6 is 0 Å². The number of carboxylic acid groups (broad SMARTS) is 1. The van der Waals surface area contributed by atoms with Crippen molar-refractivity contribution < 1.29 is 14.7 Å². The zero-order valence-electron chi connectivity index (χ0n) is 25.8. The van der Waals surface area contributed by atoms with Crippen LogP contribution in [0, 0.1) is 6.92 Å². The number of hydrogen-bond donors (Lipinski definition) is 2. The highest BCUT2D eigenvalue weighted by Crippen LogP contribution is 2.29. The fourth-order valence-corrected chi connectivity index (χ4v) is 6.13. The second-order valence-electron chi connectivity index (χ2n) is 11.6. The molecular weight excluding hydrogens is 560 g/mol. The number of hydrogen-bond acceptors (Lipinski definition) is 3. The lowest BCUT2D eigenvalue weighted by molar-refractivity contribution is 0.0696. The quantitative estimate of drug-likeness (QED) is 0.141. The highest BCUT2D eigenvalue weighted by molar-refractivity contribution is 5.98. The van der Waals surface area contributed by atoms with E-state index in [0.29, 0.717) is 24.3 Å². The van der Waals surface area contributed by atoms with Crippen LogP contribution < -0.4 is 5.32 Å². The molecule has 0 unspecified atom stereocenters. The molecule has 2 heterocycles. The largest absolute Gasteiger partial charge is 0.478 e. The van der Waals surface area contributed by atoms with Gasteiger partial charge in [0.2, 0.25) is 0 Å². The van der Waals surface area contributed by atoms with Crippen molar-refractivity contribution in [2.75, 3.05) is 6.54 Å². The van der Waals surface area contributed by atoms with Gasteiger partial charge in [-0.05, 0) is 79.3 Å². The molecule has 0 aliphatic heterocycles. The van der Waals surface area contributed by atoms with E-state index in [1.54, 1.807) is 12.1 Å². The average molecular weight is 599 g/mol. The topological polar surface area (TPSA) is 89.2 Å². The predicted molar refractivity (Wildman–Crippen MR) is 180 cm³/mol. The number of fused-ring (bicyclic) bond motifs is 2. The second-order valence-corrected chi connectivity index (χ2v) is 11.6. The third-order valence-corrected chi connectivity index (χ3v) is 8.46. The molecule has 7 heteroatoms. The van der Waals surface area contributed by atoms with Gasteiger partial charge in [-0.3, -0.25) is 4.79 Å². The lowest BCUT2D eigenvalue weighted by atomic mass is 10.1. The molecule has 1 amide bonds. The predicted octanol–water partition coefficient (Wildman–Crippen LogP) is 7.74. The summed E-state index contributed by atoms with van der Waals surface area (Å²) in [7, 11) is 0. The Morgan fingerprint density at radius 3 is 2.47 bits per heavy atom.